The number of Topliss-reactive ketones (excluding diaryl/α,β-unsaturated/α-hetero) is 1. The third-order valence-corrected chi connectivity index (χ3v) is 2.95. The summed E-state index contributed by atoms with van der Waals surface area (Å²) < 4.78 is 0. The first-order valence-corrected chi connectivity index (χ1v) is 6.25. The Bertz CT molecular complexity index is 352. The normalized spacial score (nSPS) is 10.4. The van der Waals surface area contributed by atoms with Crippen molar-refractivity contribution >= 4 is 5.78 Å². The molecule has 0 aromatic heterocycles. The molecule has 0 amide bonds. The lowest BCUT2D eigenvalue weighted by molar-refractivity contribution is 0.0978. The minimum atomic E-state index is 0.303. The van der Waals surface area contributed by atoms with Crippen LogP contribution in [0.1, 0.15) is 60.5 Å². The molecule has 0 heterocycles. The van der Waals surface area contributed by atoms with E-state index in [1.165, 1.54) is 24.8 Å². The van der Waals surface area contributed by atoms with Gasteiger partial charge in [-0.1, -0.05) is 43.9 Å². The quantitative estimate of drug-likeness (QED) is 0.509. The number of aryl methyl sites for hydroxylation is 2. The Morgan fingerprint density at radius 1 is 1.12 bits per heavy atom. The maximum Gasteiger partial charge on any atom is 0.163 e. The highest BCUT2D eigenvalue weighted by Gasteiger charge is 2.08. The Balaban J connectivity index is 2.55. The van der Waals surface area contributed by atoms with Crippen LogP contribution in [0, 0.1) is 13.8 Å². The molecule has 0 bridgehead atoms. The summed E-state index contributed by atoms with van der Waals surface area (Å²) in [5.41, 5.74) is 3.19. The lowest BCUT2D eigenvalue weighted by Crippen LogP contribution is -2.02. The van der Waals surface area contributed by atoms with Crippen LogP contribution >= 0.6 is 0 Å². The second kappa shape index (κ2) is 6.47. The van der Waals surface area contributed by atoms with E-state index < -0.39 is 0 Å². The fraction of sp³-hybridized carbons (Fsp3) is 0.533. The van der Waals surface area contributed by atoms with Gasteiger partial charge in [-0.25, -0.2) is 0 Å². The Labute approximate surface area is 98.9 Å². The Kier molecular flexibility index (Phi) is 5.24. The number of benzene rings is 1. The van der Waals surface area contributed by atoms with E-state index in [0.717, 1.165) is 17.5 Å². The molecule has 1 nitrogen and oxygen atoms in total. The lowest BCUT2D eigenvalue weighted by Gasteiger charge is -2.06. The molecule has 16 heavy (non-hydrogen) atoms. The third-order valence-electron chi connectivity index (χ3n) is 2.95. The van der Waals surface area contributed by atoms with Crippen molar-refractivity contribution in [1.29, 1.82) is 0 Å². The zero-order valence-electron chi connectivity index (χ0n) is 10.7. The largest absolute Gasteiger partial charge is 0.294 e. The van der Waals surface area contributed by atoms with Gasteiger partial charge in [0.05, 0.1) is 0 Å². The molecule has 0 fully saturated rings. The van der Waals surface area contributed by atoms with Crippen LogP contribution in [0.5, 0.6) is 0 Å². The zero-order chi connectivity index (χ0) is 12.0. The molecule has 1 aromatic carbocycles. The summed E-state index contributed by atoms with van der Waals surface area (Å²) in [6.07, 6.45) is 5.36. The summed E-state index contributed by atoms with van der Waals surface area (Å²) in [5.74, 6) is 0.303. The Morgan fingerprint density at radius 3 is 2.56 bits per heavy atom. The van der Waals surface area contributed by atoms with Crippen molar-refractivity contribution in [3.05, 3.63) is 34.9 Å². The van der Waals surface area contributed by atoms with Crippen molar-refractivity contribution in [2.75, 3.05) is 0 Å². The van der Waals surface area contributed by atoms with Gasteiger partial charge in [-0.3, -0.25) is 4.79 Å². The van der Waals surface area contributed by atoms with Gasteiger partial charge in [0.2, 0.25) is 0 Å². The third kappa shape index (κ3) is 3.80. The van der Waals surface area contributed by atoms with Crippen LogP contribution in [0.25, 0.3) is 0 Å². The van der Waals surface area contributed by atoms with Gasteiger partial charge in [0, 0.05) is 12.0 Å². The molecule has 0 aliphatic carbocycles. The zero-order valence-corrected chi connectivity index (χ0v) is 10.7. The minimum absolute atomic E-state index is 0.303. The van der Waals surface area contributed by atoms with Crippen molar-refractivity contribution in [2.24, 2.45) is 0 Å². The fourth-order valence-electron chi connectivity index (χ4n) is 1.88. The maximum absolute atomic E-state index is 12.0. The van der Waals surface area contributed by atoms with Crippen LogP contribution in [-0.2, 0) is 0 Å². The summed E-state index contributed by atoms with van der Waals surface area (Å²) in [7, 11) is 0. The molecule has 0 unspecified atom stereocenters. The van der Waals surface area contributed by atoms with Crippen molar-refractivity contribution in [3.63, 3.8) is 0 Å². The second-order valence-electron chi connectivity index (χ2n) is 4.55. The minimum Gasteiger partial charge on any atom is -0.294 e. The lowest BCUT2D eigenvalue weighted by atomic mass is 9.98. The van der Waals surface area contributed by atoms with E-state index in [1.807, 2.05) is 26.0 Å². The van der Waals surface area contributed by atoms with Gasteiger partial charge in [-0.2, -0.15) is 0 Å². The molecule has 1 rings (SSSR count). The number of carbonyl (C=O) groups is 1. The summed E-state index contributed by atoms with van der Waals surface area (Å²) in [6, 6.07) is 6.11. The summed E-state index contributed by atoms with van der Waals surface area (Å²) in [5, 5.41) is 0. The molecule has 0 saturated carbocycles. The van der Waals surface area contributed by atoms with Gasteiger partial charge in [0.1, 0.15) is 0 Å². The summed E-state index contributed by atoms with van der Waals surface area (Å²) >= 11 is 0. The number of unbranched alkanes of at least 4 members (excludes halogenated alkanes) is 3. The van der Waals surface area contributed by atoms with Gasteiger partial charge in [0.15, 0.2) is 5.78 Å². The van der Waals surface area contributed by atoms with E-state index in [4.69, 9.17) is 0 Å². The average Bonchev–Trinajstić information content (AvgIpc) is 2.27. The van der Waals surface area contributed by atoms with E-state index in [1.54, 1.807) is 0 Å². The highest BCUT2D eigenvalue weighted by molar-refractivity contribution is 5.97. The number of rotatable bonds is 6. The summed E-state index contributed by atoms with van der Waals surface area (Å²) in [4.78, 5) is 12.0. The van der Waals surface area contributed by atoms with Gasteiger partial charge in [-0.05, 0) is 31.9 Å². The van der Waals surface area contributed by atoms with Crippen LogP contribution < -0.4 is 0 Å². The van der Waals surface area contributed by atoms with E-state index >= 15 is 0 Å². The number of hydrogen-bond donors (Lipinski definition) is 0. The molecule has 1 heteroatoms. The topological polar surface area (TPSA) is 17.1 Å². The maximum atomic E-state index is 12.0. The second-order valence-corrected chi connectivity index (χ2v) is 4.55. The highest BCUT2D eigenvalue weighted by atomic mass is 16.1. The smallest absolute Gasteiger partial charge is 0.163 e. The molecule has 0 spiro atoms. The fourth-order valence-corrected chi connectivity index (χ4v) is 1.88. The van der Waals surface area contributed by atoms with E-state index in [0.29, 0.717) is 12.2 Å². The van der Waals surface area contributed by atoms with Gasteiger partial charge >= 0.3 is 0 Å². The van der Waals surface area contributed by atoms with Crippen LogP contribution in [-0.4, -0.2) is 5.78 Å². The van der Waals surface area contributed by atoms with Crippen molar-refractivity contribution < 1.29 is 4.79 Å². The van der Waals surface area contributed by atoms with E-state index in [2.05, 4.69) is 13.0 Å². The van der Waals surface area contributed by atoms with Gasteiger partial charge in [0.25, 0.3) is 0 Å². The van der Waals surface area contributed by atoms with Crippen LogP contribution in [0.15, 0.2) is 18.2 Å². The molecule has 0 aliphatic rings. The molecule has 0 radical (unpaired) electrons. The monoisotopic (exact) mass is 218 g/mol. The molecular weight excluding hydrogens is 196 g/mol. The average molecular weight is 218 g/mol. The first kappa shape index (κ1) is 13.0. The predicted octanol–water partition coefficient (Wildman–Crippen LogP) is 4.46. The predicted molar refractivity (Wildman–Crippen MR) is 69.0 cm³/mol. The Hall–Kier alpha value is -1.11. The first-order valence-electron chi connectivity index (χ1n) is 6.25. The summed E-state index contributed by atoms with van der Waals surface area (Å²) in [6.45, 7) is 6.23. The van der Waals surface area contributed by atoms with Crippen LogP contribution in [0.2, 0.25) is 0 Å². The molecule has 0 aliphatic heterocycles. The van der Waals surface area contributed by atoms with E-state index in [9.17, 15) is 4.79 Å². The van der Waals surface area contributed by atoms with Crippen LogP contribution in [0.3, 0.4) is 0 Å². The molecule has 88 valence electrons. The standard InChI is InChI=1S/C15H22O/c1-4-5-6-7-8-15(16)14-11-12(2)9-10-13(14)3/h9-11H,4-8H2,1-3H3. The molecule has 0 atom stereocenters. The number of ketones is 1. The molecule has 0 saturated heterocycles. The van der Waals surface area contributed by atoms with Crippen molar-refractivity contribution in [2.45, 2.75) is 52.9 Å². The number of hydrogen-bond acceptors (Lipinski definition) is 1. The van der Waals surface area contributed by atoms with Crippen molar-refractivity contribution in [1.82, 2.24) is 0 Å². The first-order chi connectivity index (χ1) is 7.65. The molecule has 1 aromatic rings. The van der Waals surface area contributed by atoms with Gasteiger partial charge < -0.3 is 0 Å². The number of carbonyl (C=O) groups excluding carboxylic acids is 1. The van der Waals surface area contributed by atoms with E-state index in [-0.39, 0.29) is 0 Å². The van der Waals surface area contributed by atoms with Crippen LogP contribution in [0.4, 0.5) is 0 Å². The Morgan fingerprint density at radius 2 is 1.88 bits per heavy atom. The molecule has 0 N–H and O–H groups in total. The highest BCUT2D eigenvalue weighted by Crippen LogP contribution is 2.15. The van der Waals surface area contributed by atoms with Gasteiger partial charge in [-0.15, -0.1) is 0 Å². The SMILES string of the molecule is CCCCCCC(=O)c1cc(C)ccc1C. The molecular formula is C15H22O. The van der Waals surface area contributed by atoms with Crippen molar-refractivity contribution in [3.8, 4) is 0 Å².